The second kappa shape index (κ2) is 12.1. The first kappa shape index (κ1) is 31.0. The number of hydrogen-bond acceptors (Lipinski definition) is 9. The third-order valence-corrected chi connectivity index (χ3v) is 8.27. The van der Waals surface area contributed by atoms with E-state index in [1.807, 2.05) is 0 Å². The number of fused-ring (bicyclic) bond motifs is 1. The van der Waals surface area contributed by atoms with Crippen LogP contribution in [-0.4, -0.2) is 59.3 Å². The number of anilines is 1. The van der Waals surface area contributed by atoms with Gasteiger partial charge in [-0.25, -0.2) is 23.1 Å². The molecule has 2 amide bonds. The van der Waals surface area contributed by atoms with Gasteiger partial charge in [-0.1, -0.05) is 20.8 Å². The van der Waals surface area contributed by atoms with Crippen LogP contribution in [0.2, 0.25) is 0 Å². The molecule has 226 valence electrons. The van der Waals surface area contributed by atoms with Crippen LogP contribution in [0, 0.1) is 30.6 Å². The number of amidine groups is 1. The highest BCUT2D eigenvalue weighted by Gasteiger charge is 2.38. The van der Waals surface area contributed by atoms with E-state index in [-0.39, 0.29) is 47.0 Å². The Morgan fingerprint density at radius 3 is 2.29 bits per heavy atom. The smallest absolute Gasteiger partial charge is 0.315 e. The number of rotatable bonds is 7. The Kier molecular flexibility index (Phi) is 8.97. The molecule has 42 heavy (non-hydrogen) atoms. The first-order chi connectivity index (χ1) is 19.6. The van der Waals surface area contributed by atoms with Crippen LogP contribution >= 0.6 is 0 Å². The van der Waals surface area contributed by atoms with Gasteiger partial charge in [0.1, 0.15) is 11.4 Å². The van der Waals surface area contributed by atoms with Gasteiger partial charge in [-0.05, 0) is 50.5 Å². The molecule has 2 aromatic heterocycles. The van der Waals surface area contributed by atoms with Crippen molar-refractivity contribution >= 4 is 51.2 Å². The summed E-state index contributed by atoms with van der Waals surface area (Å²) in [4.78, 5) is 54.3. The molecular formula is C28H37N7O6S. The molecule has 4 N–H and O–H groups in total. The van der Waals surface area contributed by atoms with E-state index in [4.69, 9.17) is 4.74 Å². The van der Waals surface area contributed by atoms with Crippen LogP contribution in [0.15, 0.2) is 17.4 Å². The molecule has 2 aromatic rings. The van der Waals surface area contributed by atoms with E-state index in [1.54, 1.807) is 13.0 Å². The number of ether oxygens (including phenoxy) is 1. The first-order valence-electron chi connectivity index (χ1n) is 13.8. The molecule has 13 nitrogen and oxygen atoms in total. The summed E-state index contributed by atoms with van der Waals surface area (Å²) in [6.07, 6.45) is 7.41. The molecule has 3 atom stereocenters. The summed E-state index contributed by atoms with van der Waals surface area (Å²) >= 11 is 0. The zero-order chi connectivity index (χ0) is 30.9. The fraction of sp³-hybridized carbons (Fsp3) is 0.500. The highest BCUT2D eigenvalue weighted by Crippen LogP contribution is 2.41. The molecule has 0 radical (unpaired) electrons. The van der Waals surface area contributed by atoms with Crippen LogP contribution in [0.1, 0.15) is 70.1 Å². The molecule has 1 fully saturated rings. The molecule has 14 heteroatoms. The summed E-state index contributed by atoms with van der Waals surface area (Å²) in [6.45, 7) is 10.8. The predicted octanol–water partition coefficient (Wildman–Crippen LogP) is 2.61. The summed E-state index contributed by atoms with van der Waals surface area (Å²) < 4.78 is 31.3. The number of sulfonamides is 1. The highest BCUT2D eigenvalue weighted by atomic mass is 32.2. The molecule has 2 aliphatic rings. The van der Waals surface area contributed by atoms with Gasteiger partial charge in [0.05, 0.1) is 23.9 Å². The Hall–Kier alpha value is -3.91. The molecule has 3 unspecified atom stereocenters. The number of hydrogen-bond donors (Lipinski definition) is 4. The second-order valence-corrected chi connectivity index (χ2v) is 13.2. The minimum Gasteiger partial charge on any atom is -0.422 e. The zero-order valence-electron chi connectivity index (χ0n) is 24.7. The Bertz CT molecular complexity index is 1570. The number of amides is 2. The van der Waals surface area contributed by atoms with Crippen molar-refractivity contribution in [2.45, 2.75) is 60.4 Å². The number of carbonyl (C=O) groups is 3. The van der Waals surface area contributed by atoms with Crippen molar-refractivity contribution in [2.75, 3.05) is 11.6 Å². The fourth-order valence-electron chi connectivity index (χ4n) is 5.83. The van der Waals surface area contributed by atoms with E-state index in [9.17, 15) is 22.8 Å². The van der Waals surface area contributed by atoms with Gasteiger partial charge in [-0.2, -0.15) is 0 Å². The van der Waals surface area contributed by atoms with E-state index in [0.29, 0.717) is 34.3 Å². The average molecular weight is 600 g/mol. The largest absolute Gasteiger partial charge is 0.422 e. The number of carbonyl (C=O) groups excluding carboxylic acids is 3. The molecular weight excluding hydrogens is 562 g/mol. The van der Waals surface area contributed by atoms with Crippen molar-refractivity contribution in [1.82, 2.24) is 25.0 Å². The van der Waals surface area contributed by atoms with Gasteiger partial charge in [0.25, 0.3) is 0 Å². The Labute approximate surface area is 245 Å². The summed E-state index contributed by atoms with van der Waals surface area (Å²) in [5.74, 6) is -0.176. The van der Waals surface area contributed by atoms with E-state index in [2.05, 4.69) is 56.1 Å². The SMILES string of the molecule is CC(=O)Nc1[nH]c(C=C2N=C(NC(=O)C(C)NS(C)(=O)=O)c3nccnc32)c(C)c1OC(=O)C1C(C)CC(C)CC1C. The van der Waals surface area contributed by atoms with Crippen LogP contribution in [0.4, 0.5) is 5.82 Å². The standard InChI is InChI=1S/C28H37N7O6S/c1-13-10-14(2)21(15(3)11-13)28(38)41-24-16(4)19(32-26(24)31-18(6)36)12-20-22-23(30-9-8-29-22)25(33-20)34-27(37)17(5)35-42(7,39)40/h8-9,12-15,17,21,32,35H,10-11H2,1-7H3,(H,31,36)(H,33,34,37). The van der Waals surface area contributed by atoms with Gasteiger partial charge in [-0.15, -0.1) is 0 Å². The van der Waals surface area contributed by atoms with Crippen LogP contribution in [0.3, 0.4) is 0 Å². The minimum atomic E-state index is -3.61. The van der Waals surface area contributed by atoms with E-state index < -0.39 is 22.0 Å². The molecule has 0 bridgehead atoms. The van der Waals surface area contributed by atoms with Crippen molar-refractivity contribution < 1.29 is 27.5 Å². The van der Waals surface area contributed by atoms with Gasteiger partial charge in [-0.3, -0.25) is 19.4 Å². The van der Waals surface area contributed by atoms with E-state index in [0.717, 1.165) is 19.1 Å². The van der Waals surface area contributed by atoms with Gasteiger partial charge >= 0.3 is 5.97 Å². The minimum absolute atomic E-state index is 0.101. The number of aromatic amines is 1. The molecule has 0 saturated heterocycles. The normalized spacial score (nSPS) is 23.6. The third kappa shape index (κ3) is 6.93. The topological polar surface area (TPSA) is 185 Å². The number of esters is 1. The summed E-state index contributed by atoms with van der Waals surface area (Å²) in [6, 6.07) is -1.06. The number of aliphatic imine (C=N–C) groups is 1. The number of nitrogens with one attached hydrogen (secondary N) is 4. The Balaban J connectivity index is 1.67. The van der Waals surface area contributed by atoms with Crippen LogP contribution in [-0.2, 0) is 24.4 Å². The maximum absolute atomic E-state index is 13.4. The third-order valence-electron chi connectivity index (χ3n) is 7.49. The van der Waals surface area contributed by atoms with Crippen LogP contribution in [0.5, 0.6) is 5.75 Å². The summed E-state index contributed by atoms with van der Waals surface area (Å²) in [5, 5.41) is 5.31. The molecule has 3 heterocycles. The first-order valence-corrected chi connectivity index (χ1v) is 15.7. The lowest BCUT2D eigenvalue weighted by atomic mass is 9.69. The molecule has 1 aliphatic heterocycles. The van der Waals surface area contributed by atoms with Gasteiger partial charge in [0.2, 0.25) is 21.8 Å². The number of aromatic nitrogens is 3. The lowest BCUT2D eigenvalue weighted by Crippen LogP contribution is -2.46. The van der Waals surface area contributed by atoms with Gasteiger partial charge in [0, 0.05) is 30.6 Å². The summed E-state index contributed by atoms with van der Waals surface area (Å²) in [5.41, 5.74) is 2.08. The molecule has 1 saturated carbocycles. The Morgan fingerprint density at radius 2 is 1.69 bits per heavy atom. The lowest BCUT2D eigenvalue weighted by Gasteiger charge is -2.36. The van der Waals surface area contributed by atoms with Crippen molar-refractivity contribution in [3.63, 3.8) is 0 Å². The average Bonchev–Trinajstić information content (AvgIpc) is 3.34. The summed E-state index contributed by atoms with van der Waals surface area (Å²) in [7, 11) is -3.61. The van der Waals surface area contributed by atoms with E-state index in [1.165, 1.54) is 26.2 Å². The van der Waals surface area contributed by atoms with Gasteiger partial charge in [0.15, 0.2) is 17.4 Å². The molecule has 4 rings (SSSR count). The molecule has 0 spiro atoms. The maximum atomic E-state index is 13.4. The van der Waals surface area contributed by atoms with Crippen molar-refractivity contribution in [3.8, 4) is 5.75 Å². The monoisotopic (exact) mass is 599 g/mol. The fourth-order valence-corrected chi connectivity index (χ4v) is 6.58. The second-order valence-electron chi connectivity index (χ2n) is 11.4. The molecule has 0 aromatic carbocycles. The zero-order valence-corrected chi connectivity index (χ0v) is 25.5. The van der Waals surface area contributed by atoms with Crippen LogP contribution in [0.25, 0.3) is 11.8 Å². The van der Waals surface area contributed by atoms with Crippen molar-refractivity contribution in [1.29, 1.82) is 0 Å². The lowest BCUT2D eigenvalue weighted by molar-refractivity contribution is -0.144. The predicted molar refractivity (Wildman–Crippen MR) is 158 cm³/mol. The maximum Gasteiger partial charge on any atom is 0.315 e. The quantitative estimate of drug-likeness (QED) is 0.350. The number of nitrogens with zero attached hydrogens (tertiary/aromatic N) is 3. The van der Waals surface area contributed by atoms with Crippen molar-refractivity contribution in [3.05, 3.63) is 35.0 Å². The van der Waals surface area contributed by atoms with E-state index >= 15 is 0 Å². The van der Waals surface area contributed by atoms with Gasteiger partial charge < -0.3 is 20.4 Å². The molecule has 1 aliphatic carbocycles. The highest BCUT2D eigenvalue weighted by molar-refractivity contribution is 7.88. The Morgan fingerprint density at radius 1 is 1.07 bits per heavy atom. The van der Waals surface area contributed by atoms with Crippen molar-refractivity contribution in [2.24, 2.45) is 28.7 Å². The number of H-pyrrole nitrogens is 1. The van der Waals surface area contributed by atoms with Crippen LogP contribution < -0.4 is 20.1 Å².